The summed E-state index contributed by atoms with van der Waals surface area (Å²) in [6.07, 6.45) is 0.893. The Morgan fingerprint density at radius 3 is 2.64 bits per heavy atom. The molecule has 1 heterocycles. The van der Waals surface area contributed by atoms with Gasteiger partial charge in [0.25, 0.3) is 5.91 Å². The van der Waals surface area contributed by atoms with E-state index in [1.54, 1.807) is 6.92 Å². The Balaban J connectivity index is 2.73. The first-order valence-corrected chi connectivity index (χ1v) is 5.35. The average Bonchev–Trinajstić information content (AvgIpc) is 2.51. The van der Waals surface area contributed by atoms with Crippen molar-refractivity contribution in [3.63, 3.8) is 0 Å². The van der Waals surface area contributed by atoms with E-state index >= 15 is 0 Å². The fraction of sp³-hybridized carbons (Fsp3) is 0.667. The molecule has 0 aliphatic heterocycles. The fourth-order valence-electron chi connectivity index (χ4n) is 0.892. The minimum atomic E-state index is -0.173. The van der Waals surface area contributed by atoms with Crippen LogP contribution in [0, 0.1) is 6.92 Å². The topological polar surface area (TPSA) is 54.9 Å². The lowest BCUT2D eigenvalue weighted by Crippen LogP contribution is -2.42. The van der Waals surface area contributed by atoms with E-state index in [1.165, 1.54) is 0 Å². The summed E-state index contributed by atoms with van der Waals surface area (Å²) in [5.41, 5.74) is 0.521. The van der Waals surface area contributed by atoms with Crippen molar-refractivity contribution in [1.82, 2.24) is 14.9 Å². The smallest absolute Gasteiger partial charge is 0.265 e. The normalized spacial score (nSPS) is 11.4. The van der Waals surface area contributed by atoms with Crippen LogP contribution in [0.3, 0.4) is 0 Å². The standard InChI is InChI=1S/C9H15N3OS/c1-5-9(3,4)10-8(13)7-6(2)11-12-14-7/h5H2,1-4H3,(H,10,13). The lowest BCUT2D eigenvalue weighted by molar-refractivity contribution is 0.0914. The summed E-state index contributed by atoms with van der Waals surface area (Å²) >= 11 is 1.14. The summed E-state index contributed by atoms with van der Waals surface area (Å²) in [6, 6.07) is 0. The molecule has 0 unspecified atom stereocenters. The van der Waals surface area contributed by atoms with Crippen molar-refractivity contribution in [3.05, 3.63) is 10.6 Å². The van der Waals surface area contributed by atoms with E-state index in [-0.39, 0.29) is 11.4 Å². The highest BCUT2D eigenvalue weighted by molar-refractivity contribution is 7.08. The number of hydrogen-bond acceptors (Lipinski definition) is 4. The van der Waals surface area contributed by atoms with Crippen LogP contribution in [0.5, 0.6) is 0 Å². The van der Waals surface area contributed by atoms with Crippen molar-refractivity contribution >= 4 is 17.4 Å². The second-order valence-corrected chi connectivity index (χ2v) is 4.63. The summed E-state index contributed by atoms with van der Waals surface area (Å²) < 4.78 is 3.73. The highest BCUT2D eigenvalue weighted by Gasteiger charge is 2.21. The molecule has 1 N–H and O–H groups in total. The summed E-state index contributed by atoms with van der Waals surface area (Å²) in [6.45, 7) is 7.82. The summed E-state index contributed by atoms with van der Waals surface area (Å²) in [5.74, 6) is -0.0793. The average molecular weight is 213 g/mol. The fourth-order valence-corrected chi connectivity index (χ4v) is 1.44. The van der Waals surface area contributed by atoms with Gasteiger partial charge in [-0.3, -0.25) is 4.79 Å². The first-order valence-electron chi connectivity index (χ1n) is 4.58. The third-order valence-corrected chi connectivity index (χ3v) is 3.02. The molecular formula is C9H15N3OS. The van der Waals surface area contributed by atoms with Gasteiger partial charge in [0, 0.05) is 5.54 Å². The van der Waals surface area contributed by atoms with Crippen LogP contribution in [-0.4, -0.2) is 21.0 Å². The third kappa shape index (κ3) is 2.51. The number of rotatable bonds is 3. The zero-order valence-corrected chi connectivity index (χ0v) is 9.73. The Labute approximate surface area is 87.9 Å². The van der Waals surface area contributed by atoms with Crippen LogP contribution in [0.25, 0.3) is 0 Å². The zero-order valence-electron chi connectivity index (χ0n) is 8.92. The molecule has 5 heteroatoms. The van der Waals surface area contributed by atoms with E-state index in [1.807, 2.05) is 20.8 Å². The number of nitrogens with zero attached hydrogens (tertiary/aromatic N) is 2. The van der Waals surface area contributed by atoms with Gasteiger partial charge in [0.05, 0.1) is 5.69 Å². The van der Waals surface area contributed by atoms with Crippen LogP contribution in [0.15, 0.2) is 0 Å². The third-order valence-electron chi connectivity index (χ3n) is 2.19. The molecule has 0 saturated heterocycles. The van der Waals surface area contributed by atoms with Crippen molar-refractivity contribution in [1.29, 1.82) is 0 Å². The van der Waals surface area contributed by atoms with Crippen molar-refractivity contribution in [2.24, 2.45) is 0 Å². The quantitative estimate of drug-likeness (QED) is 0.832. The van der Waals surface area contributed by atoms with Gasteiger partial charge in [-0.05, 0) is 38.7 Å². The summed E-state index contributed by atoms with van der Waals surface area (Å²) in [4.78, 5) is 12.3. The van der Waals surface area contributed by atoms with Crippen LogP contribution in [-0.2, 0) is 0 Å². The minimum absolute atomic E-state index is 0.0793. The molecule has 1 aromatic rings. The molecule has 0 radical (unpaired) electrons. The van der Waals surface area contributed by atoms with Gasteiger partial charge >= 0.3 is 0 Å². The van der Waals surface area contributed by atoms with Crippen LogP contribution < -0.4 is 5.32 Å². The Bertz CT molecular complexity index is 333. The van der Waals surface area contributed by atoms with Crippen LogP contribution in [0.1, 0.15) is 42.6 Å². The Morgan fingerprint density at radius 2 is 2.21 bits per heavy atom. The van der Waals surface area contributed by atoms with E-state index in [2.05, 4.69) is 14.9 Å². The van der Waals surface area contributed by atoms with Gasteiger partial charge in [0.1, 0.15) is 4.88 Å². The predicted molar refractivity (Wildman–Crippen MR) is 56.5 cm³/mol. The van der Waals surface area contributed by atoms with Gasteiger partial charge in [0.2, 0.25) is 0 Å². The number of carbonyl (C=O) groups is 1. The molecule has 0 aliphatic carbocycles. The van der Waals surface area contributed by atoms with Crippen molar-refractivity contribution in [2.45, 2.75) is 39.7 Å². The lowest BCUT2D eigenvalue weighted by Gasteiger charge is -2.23. The van der Waals surface area contributed by atoms with Crippen LogP contribution in [0.2, 0.25) is 0 Å². The van der Waals surface area contributed by atoms with Crippen molar-refractivity contribution in [2.75, 3.05) is 0 Å². The number of nitrogens with one attached hydrogen (secondary N) is 1. The first kappa shape index (κ1) is 11.1. The molecular weight excluding hydrogens is 198 g/mol. The van der Waals surface area contributed by atoms with Gasteiger partial charge < -0.3 is 5.32 Å². The molecule has 0 saturated carbocycles. The van der Waals surface area contributed by atoms with Gasteiger partial charge in [0.15, 0.2) is 0 Å². The molecule has 14 heavy (non-hydrogen) atoms. The van der Waals surface area contributed by atoms with E-state index in [9.17, 15) is 4.79 Å². The maximum absolute atomic E-state index is 11.7. The molecule has 4 nitrogen and oxygen atoms in total. The molecule has 0 aliphatic rings. The Morgan fingerprint density at radius 1 is 1.57 bits per heavy atom. The van der Waals surface area contributed by atoms with Gasteiger partial charge in [-0.1, -0.05) is 11.4 Å². The zero-order chi connectivity index (χ0) is 10.8. The van der Waals surface area contributed by atoms with Crippen LogP contribution >= 0.6 is 11.5 Å². The molecule has 0 aromatic carbocycles. The van der Waals surface area contributed by atoms with E-state index in [0.29, 0.717) is 10.6 Å². The molecule has 0 spiro atoms. The summed E-state index contributed by atoms with van der Waals surface area (Å²) in [7, 11) is 0. The van der Waals surface area contributed by atoms with Gasteiger partial charge in [-0.15, -0.1) is 5.10 Å². The molecule has 0 bridgehead atoms. The number of amides is 1. The number of aromatic nitrogens is 2. The number of hydrogen-bond donors (Lipinski definition) is 1. The number of aryl methyl sites for hydroxylation is 1. The molecule has 1 rings (SSSR count). The van der Waals surface area contributed by atoms with Crippen LogP contribution in [0.4, 0.5) is 0 Å². The maximum Gasteiger partial charge on any atom is 0.265 e. The molecule has 1 aromatic heterocycles. The van der Waals surface area contributed by atoms with Crippen molar-refractivity contribution in [3.8, 4) is 0 Å². The van der Waals surface area contributed by atoms with E-state index in [4.69, 9.17) is 0 Å². The van der Waals surface area contributed by atoms with Gasteiger partial charge in [-0.2, -0.15) is 0 Å². The molecule has 78 valence electrons. The monoisotopic (exact) mass is 213 g/mol. The Kier molecular flexibility index (Phi) is 3.21. The molecule has 1 amide bonds. The predicted octanol–water partition coefficient (Wildman–Crippen LogP) is 1.76. The molecule has 0 fully saturated rings. The number of carbonyl (C=O) groups excluding carboxylic acids is 1. The maximum atomic E-state index is 11.7. The second kappa shape index (κ2) is 4.04. The van der Waals surface area contributed by atoms with E-state index in [0.717, 1.165) is 18.0 Å². The Hall–Kier alpha value is -0.970. The highest BCUT2D eigenvalue weighted by atomic mass is 32.1. The van der Waals surface area contributed by atoms with Gasteiger partial charge in [-0.25, -0.2) is 0 Å². The first-order chi connectivity index (χ1) is 6.46. The highest BCUT2D eigenvalue weighted by Crippen LogP contribution is 2.13. The minimum Gasteiger partial charge on any atom is -0.346 e. The summed E-state index contributed by atoms with van der Waals surface area (Å²) in [5, 5.41) is 6.74. The van der Waals surface area contributed by atoms with E-state index < -0.39 is 0 Å². The molecule has 0 atom stereocenters. The lowest BCUT2D eigenvalue weighted by atomic mass is 10.0. The SMILES string of the molecule is CCC(C)(C)NC(=O)c1snnc1C. The second-order valence-electron chi connectivity index (χ2n) is 3.88. The van der Waals surface area contributed by atoms with Crippen molar-refractivity contribution < 1.29 is 4.79 Å². The largest absolute Gasteiger partial charge is 0.346 e.